The second-order valence-corrected chi connectivity index (χ2v) is 11.1. The van der Waals surface area contributed by atoms with Crippen LogP contribution in [0, 0.1) is 18.3 Å². The predicted molar refractivity (Wildman–Crippen MR) is 151 cm³/mol. The van der Waals surface area contributed by atoms with Crippen molar-refractivity contribution in [2.75, 3.05) is 18.4 Å². The minimum atomic E-state index is -0.541. The van der Waals surface area contributed by atoms with Gasteiger partial charge in [0, 0.05) is 36.6 Å². The molecule has 1 fully saturated rings. The summed E-state index contributed by atoms with van der Waals surface area (Å²) in [7, 11) is 0. The zero-order valence-electron chi connectivity index (χ0n) is 22.4. The van der Waals surface area contributed by atoms with Crippen molar-refractivity contribution in [2.24, 2.45) is 0 Å². The first-order chi connectivity index (χ1) is 18.6. The van der Waals surface area contributed by atoms with Crippen LogP contribution in [0.15, 0.2) is 48.7 Å². The zero-order chi connectivity index (χ0) is 27.7. The number of hydrogen-bond acceptors (Lipinski definition) is 7. The van der Waals surface area contributed by atoms with Gasteiger partial charge in [0.2, 0.25) is 0 Å². The molecule has 5 rings (SSSR count). The topological polar surface area (TPSA) is 108 Å². The molecular formula is C29H30ClN7O2. The first-order valence-electron chi connectivity index (χ1n) is 12.9. The van der Waals surface area contributed by atoms with Gasteiger partial charge in [-0.2, -0.15) is 10.4 Å². The van der Waals surface area contributed by atoms with E-state index in [1.165, 1.54) is 0 Å². The zero-order valence-corrected chi connectivity index (χ0v) is 23.2. The number of likely N-dealkylation sites (tertiary alicyclic amines) is 1. The van der Waals surface area contributed by atoms with Crippen LogP contribution in [0.4, 0.5) is 10.6 Å². The van der Waals surface area contributed by atoms with Crippen LogP contribution in [0.5, 0.6) is 0 Å². The molecule has 1 aromatic carbocycles. The number of hydrogen-bond donors (Lipinski definition) is 1. The fraction of sp³-hybridized carbons (Fsp3) is 0.345. The number of pyridine rings is 1. The molecular weight excluding hydrogens is 514 g/mol. The van der Waals surface area contributed by atoms with Crippen LogP contribution < -0.4 is 5.32 Å². The fourth-order valence-electron chi connectivity index (χ4n) is 4.78. The number of nitrogens with one attached hydrogen (secondary N) is 1. The van der Waals surface area contributed by atoms with Crippen LogP contribution in [0.2, 0.25) is 5.15 Å². The van der Waals surface area contributed by atoms with Crippen molar-refractivity contribution < 1.29 is 9.53 Å². The number of halogens is 1. The summed E-state index contributed by atoms with van der Waals surface area (Å²) >= 11 is 6.35. The Labute approximate surface area is 232 Å². The molecule has 9 nitrogen and oxygen atoms in total. The quantitative estimate of drug-likeness (QED) is 0.309. The largest absolute Gasteiger partial charge is 0.444 e. The number of carbonyl (C=O) groups excluding carboxylic acids is 1. The van der Waals surface area contributed by atoms with Gasteiger partial charge < -0.3 is 15.0 Å². The highest BCUT2D eigenvalue weighted by Gasteiger charge is 2.28. The molecule has 39 heavy (non-hydrogen) atoms. The average Bonchev–Trinajstić information content (AvgIpc) is 3.26. The number of aromatic nitrogens is 4. The Morgan fingerprint density at radius 3 is 2.74 bits per heavy atom. The molecule has 200 valence electrons. The molecule has 1 aliphatic rings. The number of piperidine rings is 1. The van der Waals surface area contributed by atoms with E-state index < -0.39 is 5.60 Å². The monoisotopic (exact) mass is 543 g/mol. The van der Waals surface area contributed by atoms with Gasteiger partial charge in [0.05, 0.1) is 17.2 Å². The molecule has 1 aliphatic heterocycles. The van der Waals surface area contributed by atoms with Gasteiger partial charge in [-0.05, 0) is 76.4 Å². The summed E-state index contributed by atoms with van der Waals surface area (Å²) in [6.45, 7) is 8.69. The Morgan fingerprint density at radius 1 is 1.18 bits per heavy atom. The molecule has 0 radical (unpaired) electrons. The normalized spacial score (nSPS) is 15.7. The van der Waals surface area contributed by atoms with Gasteiger partial charge in [-0.3, -0.25) is 0 Å². The number of anilines is 1. The molecule has 0 unspecified atom stereocenters. The Hall–Kier alpha value is -4.16. The maximum atomic E-state index is 12.6. The van der Waals surface area contributed by atoms with Crippen LogP contribution in [0.3, 0.4) is 0 Å². The average molecular weight is 544 g/mol. The van der Waals surface area contributed by atoms with E-state index in [9.17, 15) is 10.1 Å². The molecule has 1 N–H and O–H groups in total. The van der Waals surface area contributed by atoms with Crippen molar-refractivity contribution in [2.45, 2.75) is 52.2 Å². The first-order valence-corrected chi connectivity index (χ1v) is 13.3. The van der Waals surface area contributed by atoms with Crippen molar-refractivity contribution in [1.82, 2.24) is 24.5 Å². The summed E-state index contributed by atoms with van der Waals surface area (Å²) in [5.74, 6) is 0.675. The number of aryl methyl sites for hydroxylation is 1. The van der Waals surface area contributed by atoms with Crippen molar-refractivity contribution in [1.29, 1.82) is 5.26 Å². The number of rotatable bonds is 4. The molecule has 0 saturated carbocycles. The van der Waals surface area contributed by atoms with Gasteiger partial charge in [-0.15, -0.1) is 0 Å². The van der Waals surface area contributed by atoms with Gasteiger partial charge in [0.15, 0.2) is 5.65 Å². The Bertz CT molecular complexity index is 1560. The number of amides is 1. The van der Waals surface area contributed by atoms with Gasteiger partial charge in [-0.1, -0.05) is 23.7 Å². The maximum Gasteiger partial charge on any atom is 0.410 e. The second kappa shape index (κ2) is 10.5. The lowest BCUT2D eigenvalue weighted by atomic mass is 10.00. The van der Waals surface area contributed by atoms with Crippen molar-refractivity contribution in [3.8, 4) is 28.5 Å². The van der Waals surface area contributed by atoms with E-state index in [-0.39, 0.29) is 12.1 Å². The van der Waals surface area contributed by atoms with Crippen molar-refractivity contribution in [3.05, 3.63) is 65.1 Å². The molecule has 10 heteroatoms. The molecule has 1 amide bonds. The third-order valence-electron chi connectivity index (χ3n) is 6.39. The lowest BCUT2D eigenvalue weighted by molar-refractivity contribution is 0.0206. The number of carbonyl (C=O) groups is 1. The number of benzene rings is 1. The molecule has 1 atom stereocenters. The first kappa shape index (κ1) is 26.4. The van der Waals surface area contributed by atoms with Crippen LogP contribution >= 0.6 is 11.6 Å². The highest BCUT2D eigenvalue weighted by Crippen LogP contribution is 2.36. The summed E-state index contributed by atoms with van der Waals surface area (Å²) in [6.07, 6.45) is 3.33. The molecule has 4 heterocycles. The van der Waals surface area contributed by atoms with Gasteiger partial charge in [0.1, 0.15) is 22.3 Å². The highest BCUT2D eigenvalue weighted by molar-refractivity contribution is 6.29. The van der Waals surface area contributed by atoms with E-state index >= 15 is 0 Å². The minimum absolute atomic E-state index is 0.0250. The van der Waals surface area contributed by atoms with Crippen LogP contribution in [0.25, 0.3) is 28.0 Å². The summed E-state index contributed by atoms with van der Waals surface area (Å²) in [4.78, 5) is 23.6. The van der Waals surface area contributed by atoms with Gasteiger partial charge in [0.25, 0.3) is 0 Å². The predicted octanol–water partition coefficient (Wildman–Crippen LogP) is 6.10. The third-order valence-corrected chi connectivity index (χ3v) is 6.58. The highest BCUT2D eigenvalue weighted by atomic mass is 35.5. The number of fused-ring (bicyclic) bond motifs is 1. The summed E-state index contributed by atoms with van der Waals surface area (Å²) in [5, 5.41) is 18.2. The lowest BCUT2D eigenvalue weighted by Crippen LogP contribution is -2.47. The van der Waals surface area contributed by atoms with Crippen molar-refractivity contribution in [3.63, 3.8) is 0 Å². The third kappa shape index (κ3) is 5.96. The summed E-state index contributed by atoms with van der Waals surface area (Å²) in [6, 6.07) is 15.2. The van der Waals surface area contributed by atoms with Crippen molar-refractivity contribution >= 4 is 29.2 Å². The Kier molecular flexibility index (Phi) is 7.15. The molecule has 0 bridgehead atoms. The molecule has 4 aromatic rings. The second-order valence-electron chi connectivity index (χ2n) is 10.7. The summed E-state index contributed by atoms with van der Waals surface area (Å²) < 4.78 is 7.30. The molecule has 0 spiro atoms. The number of nitrogens with zero attached hydrogens (tertiary/aromatic N) is 6. The maximum absolute atomic E-state index is 12.6. The van der Waals surface area contributed by atoms with E-state index in [0.29, 0.717) is 41.0 Å². The minimum Gasteiger partial charge on any atom is -0.444 e. The van der Waals surface area contributed by atoms with E-state index in [2.05, 4.69) is 16.4 Å². The molecule has 1 saturated heterocycles. The van der Waals surface area contributed by atoms with E-state index in [1.807, 2.05) is 64.2 Å². The van der Waals surface area contributed by atoms with Gasteiger partial charge in [-0.25, -0.2) is 19.3 Å². The summed E-state index contributed by atoms with van der Waals surface area (Å²) in [5.41, 5.74) is 4.52. The Morgan fingerprint density at radius 2 is 2.00 bits per heavy atom. The standard InChI is InChI=1S/C29H30ClN7O2/c1-18-13-21(15-23(30)32-18)25-26(20-8-5-7-19(14-20)16-31)35-37-12-10-24(34-27(25)37)33-22-9-6-11-36(17-22)28(38)39-29(2,3)4/h5,7-8,10,12-15,22H,6,9,11,17H2,1-4H3,(H,33,34)/t22-/m1/s1. The van der Waals surface area contributed by atoms with E-state index in [0.717, 1.165) is 35.2 Å². The lowest BCUT2D eigenvalue weighted by Gasteiger charge is -2.34. The number of nitriles is 1. The van der Waals surface area contributed by atoms with Gasteiger partial charge >= 0.3 is 6.09 Å². The number of ether oxygens (including phenoxy) is 1. The van der Waals surface area contributed by atoms with Crippen LogP contribution in [-0.4, -0.2) is 55.3 Å². The molecule has 0 aliphatic carbocycles. The smallest absolute Gasteiger partial charge is 0.410 e. The van der Waals surface area contributed by atoms with Crippen LogP contribution in [-0.2, 0) is 4.74 Å². The fourth-order valence-corrected chi connectivity index (χ4v) is 5.03. The van der Waals surface area contributed by atoms with Crippen LogP contribution in [0.1, 0.15) is 44.9 Å². The molecule has 3 aromatic heterocycles. The Balaban J connectivity index is 1.52. The van der Waals surface area contributed by atoms with E-state index in [4.69, 9.17) is 26.4 Å². The SMILES string of the molecule is Cc1cc(-c2c(-c3cccc(C#N)c3)nn3ccc(N[C@@H]4CCCN(C(=O)OC(C)(C)C)C4)nc23)cc(Cl)n1. The van der Waals surface area contributed by atoms with E-state index in [1.54, 1.807) is 21.5 Å².